The van der Waals surface area contributed by atoms with Gasteiger partial charge in [-0.3, -0.25) is 4.79 Å². The number of nitrogens with zero attached hydrogens (tertiary/aromatic N) is 2. The van der Waals surface area contributed by atoms with Crippen LogP contribution in [0.4, 0.5) is 19.3 Å². The smallest absolute Gasteiger partial charge is 0.322 e. The van der Waals surface area contributed by atoms with Crippen molar-refractivity contribution in [3.05, 3.63) is 102 Å². The predicted octanol–water partition coefficient (Wildman–Crippen LogP) is 6.35. The quantitative estimate of drug-likeness (QED) is 0.243. The monoisotopic (exact) mass is 518 g/mol. The summed E-state index contributed by atoms with van der Waals surface area (Å²) in [5, 5.41) is 3.79. The maximum atomic E-state index is 13.6. The molecule has 198 valence electrons. The number of halogens is 2. The summed E-state index contributed by atoms with van der Waals surface area (Å²) in [6, 6.07) is 19.2. The second-order valence-electron chi connectivity index (χ2n) is 9.27. The number of fused-ring (bicyclic) bond motifs is 1. The molecule has 0 aliphatic heterocycles. The summed E-state index contributed by atoms with van der Waals surface area (Å²) in [7, 11) is 0. The molecule has 0 saturated heterocycles. The van der Waals surface area contributed by atoms with E-state index in [0.717, 1.165) is 34.9 Å². The van der Waals surface area contributed by atoms with Gasteiger partial charge in [-0.1, -0.05) is 49.7 Å². The molecule has 1 aromatic heterocycles. The van der Waals surface area contributed by atoms with Crippen LogP contribution < -0.4 is 5.32 Å². The van der Waals surface area contributed by atoms with Crippen LogP contribution in [0.25, 0.3) is 10.9 Å². The number of H-pyrrole nitrogens is 1. The second-order valence-corrected chi connectivity index (χ2v) is 9.27. The number of aromatic amines is 1. The Bertz CT molecular complexity index is 1370. The number of amides is 3. The topological polar surface area (TPSA) is 68.4 Å². The summed E-state index contributed by atoms with van der Waals surface area (Å²) in [6.45, 7) is 2.97. The van der Waals surface area contributed by atoms with E-state index >= 15 is 0 Å². The molecule has 8 heteroatoms. The van der Waals surface area contributed by atoms with E-state index in [0.29, 0.717) is 25.2 Å². The van der Waals surface area contributed by atoms with E-state index in [-0.39, 0.29) is 24.8 Å². The van der Waals surface area contributed by atoms with Crippen molar-refractivity contribution in [1.29, 1.82) is 0 Å². The average molecular weight is 519 g/mol. The third kappa shape index (κ3) is 7.18. The van der Waals surface area contributed by atoms with E-state index in [1.54, 1.807) is 23.1 Å². The summed E-state index contributed by atoms with van der Waals surface area (Å²) in [5.74, 6) is -1.02. The Morgan fingerprint density at radius 1 is 0.895 bits per heavy atom. The number of hydrogen-bond donors (Lipinski definition) is 2. The van der Waals surface area contributed by atoms with Crippen LogP contribution in [0, 0.1) is 11.6 Å². The van der Waals surface area contributed by atoms with Gasteiger partial charge in [-0.05, 0) is 60.4 Å². The molecule has 4 rings (SSSR count). The number of anilines is 1. The minimum absolute atomic E-state index is 0.129. The Balaban J connectivity index is 1.50. The first-order valence-corrected chi connectivity index (χ1v) is 12.8. The van der Waals surface area contributed by atoms with Gasteiger partial charge in [-0.25, -0.2) is 13.6 Å². The van der Waals surface area contributed by atoms with Crippen molar-refractivity contribution in [2.24, 2.45) is 0 Å². The lowest BCUT2D eigenvalue weighted by Gasteiger charge is -2.28. The molecule has 3 aromatic carbocycles. The number of hydrogen-bond acceptors (Lipinski definition) is 2. The van der Waals surface area contributed by atoms with E-state index in [9.17, 15) is 18.4 Å². The molecule has 0 atom stereocenters. The van der Waals surface area contributed by atoms with Crippen molar-refractivity contribution in [1.82, 2.24) is 14.8 Å². The molecule has 2 N–H and O–H groups in total. The highest BCUT2D eigenvalue weighted by molar-refractivity contribution is 5.92. The summed E-state index contributed by atoms with van der Waals surface area (Å²) in [4.78, 5) is 33.1. The molecular weight excluding hydrogens is 486 g/mol. The fourth-order valence-corrected chi connectivity index (χ4v) is 4.33. The first-order chi connectivity index (χ1) is 18.4. The number of benzene rings is 3. The van der Waals surface area contributed by atoms with Crippen LogP contribution in [0.3, 0.4) is 0 Å². The molecular formula is C30H32F2N4O2. The molecule has 1 heterocycles. The highest BCUT2D eigenvalue weighted by Crippen LogP contribution is 2.19. The minimum Gasteiger partial charge on any atom is -0.361 e. The SMILES string of the molecule is CCCCN(CC(=O)N(CCc1c[nH]c2ccccc12)Cc1ccc(F)cc1)C(=O)Nc1cccc(F)c1. The molecule has 38 heavy (non-hydrogen) atoms. The first kappa shape index (κ1) is 26.9. The van der Waals surface area contributed by atoms with Crippen LogP contribution in [-0.4, -0.2) is 46.4 Å². The van der Waals surface area contributed by atoms with Gasteiger partial charge in [0.15, 0.2) is 0 Å². The fourth-order valence-electron chi connectivity index (χ4n) is 4.33. The molecule has 4 aromatic rings. The van der Waals surface area contributed by atoms with E-state index in [1.165, 1.54) is 35.2 Å². The number of aromatic nitrogens is 1. The molecule has 3 amide bonds. The van der Waals surface area contributed by atoms with Gasteiger partial charge in [0.05, 0.1) is 0 Å². The molecule has 0 aliphatic carbocycles. The maximum Gasteiger partial charge on any atom is 0.322 e. The van der Waals surface area contributed by atoms with Crippen molar-refractivity contribution >= 4 is 28.5 Å². The molecule has 0 fully saturated rings. The van der Waals surface area contributed by atoms with Crippen molar-refractivity contribution in [3.63, 3.8) is 0 Å². The van der Waals surface area contributed by atoms with Gasteiger partial charge in [0.1, 0.15) is 18.2 Å². The van der Waals surface area contributed by atoms with Gasteiger partial charge in [-0.2, -0.15) is 0 Å². The third-order valence-electron chi connectivity index (χ3n) is 6.44. The highest BCUT2D eigenvalue weighted by Gasteiger charge is 2.22. The van der Waals surface area contributed by atoms with Crippen LogP contribution in [-0.2, 0) is 17.8 Å². The van der Waals surface area contributed by atoms with Gasteiger partial charge < -0.3 is 20.1 Å². The Labute approximate surface area is 221 Å². The number of rotatable bonds is 11. The lowest BCUT2D eigenvalue weighted by molar-refractivity contribution is -0.132. The van der Waals surface area contributed by atoms with Gasteiger partial charge in [0, 0.05) is 42.4 Å². The van der Waals surface area contributed by atoms with Gasteiger partial charge in [0.2, 0.25) is 5.91 Å². The van der Waals surface area contributed by atoms with Crippen LogP contribution in [0.1, 0.15) is 30.9 Å². The molecule has 6 nitrogen and oxygen atoms in total. The van der Waals surface area contributed by atoms with E-state index < -0.39 is 11.8 Å². The van der Waals surface area contributed by atoms with E-state index in [2.05, 4.69) is 10.3 Å². The molecule has 0 saturated carbocycles. The van der Waals surface area contributed by atoms with Crippen molar-refractivity contribution in [2.75, 3.05) is 25.0 Å². The largest absolute Gasteiger partial charge is 0.361 e. The summed E-state index contributed by atoms with van der Waals surface area (Å²) in [6.07, 6.45) is 4.13. The van der Waals surface area contributed by atoms with E-state index in [4.69, 9.17) is 0 Å². The van der Waals surface area contributed by atoms with Crippen LogP contribution >= 0.6 is 0 Å². The van der Waals surface area contributed by atoms with Crippen molar-refractivity contribution < 1.29 is 18.4 Å². The Morgan fingerprint density at radius 3 is 2.45 bits per heavy atom. The Kier molecular flexibility index (Phi) is 9.08. The second kappa shape index (κ2) is 12.9. The van der Waals surface area contributed by atoms with E-state index in [1.807, 2.05) is 37.4 Å². The highest BCUT2D eigenvalue weighted by atomic mass is 19.1. The number of carbonyl (C=O) groups is 2. The molecule has 0 unspecified atom stereocenters. The van der Waals surface area contributed by atoms with Gasteiger partial charge >= 0.3 is 6.03 Å². The summed E-state index contributed by atoms with van der Waals surface area (Å²) >= 11 is 0. The number of nitrogens with one attached hydrogen (secondary N) is 2. The molecule has 0 aliphatic rings. The number of para-hydroxylation sites is 1. The zero-order valence-electron chi connectivity index (χ0n) is 21.4. The minimum atomic E-state index is -0.462. The zero-order chi connectivity index (χ0) is 26.9. The molecule has 0 spiro atoms. The number of urea groups is 1. The number of unbranched alkanes of at least 4 members (excludes halogenated alkanes) is 1. The summed E-state index contributed by atoms with van der Waals surface area (Å²) < 4.78 is 27.1. The van der Waals surface area contributed by atoms with Crippen molar-refractivity contribution in [3.8, 4) is 0 Å². The van der Waals surface area contributed by atoms with Crippen LogP contribution in [0.2, 0.25) is 0 Å². The lowest BCUT2D eigenvalue weighted by atomic mass is 10.1. The predicted molar refractivity (Wildman–Crippen MR) is 146 cm³/mol. The molecule has 0 bridgehead atoms. The zero-order valence-corrected chi connectivity index (χ0v) is 21.4. The molecule has 0 radical (unpaired) electrons. The normalized spacial score (nSPS) is 10.9. The Hall–Kier alpha value is -4.20. The number of carbonyl (C=O) groups excluding carboxylic acids is 2. The van der Waals surface area contributed by atoms with Gasteiger partial charge in [-0.15, -0.1) is 0 Å². The lowest BCUT2D eigenvalue weighted by Crippen LogP contribution is -2.45. The Morgan fingerprint density at radius 2 is 1.68 bits per heavy atom. The van der Waals surface area contributed by atoms with Gasteiger partial charge in [0.25, 0.3) is 0 Å². The summed E-state index contributed by atoms with van der Waals surface area (Å²) in [5.41, 5.74) is 3.23. The van der Waals surface area contributed by atoms with Crippen LogP contribution in [0.15, 0.2) is 79.0 Å². The van der Waals surface area contributed by atoms with Crippen molar-refractivity contribution in [2.45, 2.75) is 32.7 Å². The standard InChI is InChI=1S/C30H32F2N4O2/c1-2-3-16-36(30(38)34-26-8-6-7-25(32)18-26)21-29(37)35(20-22-11-13-24(31)14-12-22)17-15-23-19-33-28-10-5-4-9-27(23)28/h4-14,18-19,33H,2-3,15-17,20-21H2,1H3,(H,34,38). The first-order valence-electron chi connectivity index (χ1n) is 12.8. The van der Waals surface area contributed by atoms with Crippen LogP contribution in [0.5, 0.6) is 0 Å². The average Bonchev–Trinajstić information content (AvgIpc) is 3.33. The fraction of sp³-hybridized carbons (Fsp3) is 0.267. The third-order valence-corrected chi connectivity index (χ3v) is 6.44. The maximum absolute atomic E-state index is 13.6.